The smallest absolute Gasteiger partial charge is 0.131 e. The first-order chi connectivity index (χ1) is 6.56. The summed E-state index contributed by atoms with van der Waals surface area (Å²) in [5.41, 5.74) is 5.59. The molecule has 0 unspecified atom stereocenters. The van der Waals surface area contributed by atoms with Crippen molar-refractivity contribution in [3.05, 3.63) is 35.4 Å². The van der Waals surface area contributed by atoms with Gasteiger partial charge in [0.25, 0.3) is 0 Å². The van der Waals surface area contributed by atoms with Crippen LogP contribution >= 0.6 is 0 Å². The van der Waals surface area contributed by atoms with E-state index in [0.29, 0.717) is 6.42 Å². The Hall–Kier alpha value is -1.00. The number of rotatable bonds is 3. The molecule has 14 heavy (non-hydrogen) atoms. The highest BCUT2D eigenvalue weighted by atomic mass is 19.1. The fourth-order valence-corrected chi connectivity index (χ4v) is 1.20. The molecule has 1 aromatic rings. The van der Waals surface area contributed by atoms with Gasteiger partial charge in [0, 0.05) is 17.7 Å². The molecule has 2 atom stereocenters. The van der Waals surface area contributed by atoms with Gasteiger partial charge in [0.1, 0.15) is 11.6 Å². The highest BCUT2D eigenvalue weighted by Gasteiger charge is 2.18. The highest BCUT2D eigenvalue weighted by molar-refractivity contribution is 5.21. The third-order valence-electron chi connectivity index (χ3n) is 2.16. The number of aliphatic hydroxyl groups is 1. The van der Waals surface area contributed by atoms with Gasteiger partial charge < -0.3 is 10.8 Å². The second-order valence-corrected chi connectivity index (χ2v) is 3.18. The van der Waals surface area contributed by atoms with Gasteiger partial charge >= 0.3 is 0 Å². The van der Waals surface area contributed by atoms with Gasteiger partial charge in [-0.15, -0.1) is 0 Å². The second-order valence-electron chi connectivity index (χ2n) is 3.18. The Morgan fingerprint density at radius 3 is 2.57 bits per heavy atom. The first kappa shape index (κ1) is 11.1. The third-order valence-corrected chi connectivity index (χ3v) is 2.16. The number of hydrogen-bond donors (Lipinski definition) is 2. The lowest BCUT2D eigenvalue weighted by atomic mass is 10.0. The van der Waals surface area contributed by atoms with Gasteiger partial charge in [0.05, 0.1) is 6.10 Å². The van der Waals surface area contributed by atoms with Crippen LogP contribution in [0.15, 0.2) is 18.2 Å². The zero-order chi connectivity index (χ0) is 10.7. The minimum absolute atomic E-state index is 0.0424. The van der Waals surface area contributed by atoms with Crippen molar-refractivity contribution >= 4 is 0 Å². The van der Waals surface area contributed by atoms with E-state index in [4.69, 9.17) is 5.73 Å². The molecule has 0 heterocycles. The second kappa shape index (κ2) is 4.48. The van der Waals surface area contributed by atoms with Gasteiger partial charge in [-0.25, -0.2) is 8.78 Å². The van der Waals surface area contributed by atoms with Gasteiger partial charge in [-0.1, -0.05) is 13.0 Å². The van der Waals surface area contributed by atoms with E-state index in [2.05, 4.69) is 0 Å². The molecule has 0 aromatic heterocycles. The van der Waals surface area contributed by atoms with Crippen LogP contribution in [0.4, 0.5) is 8.78 Å². The molecule has 0 amide bonds. The first-order valence-electron chi connectivity index (χ1n) is 4.44. The van der Waals surface area contributed by atoms with Gasteiger partial charge in [0.2, 0.25) is 0 Å². The van der Waals surface area contributed by atoms with Gasteiger partial charge in [-0.05, 0) is 12.5 Å². The van der Waals surface area contributed by atoms with Crippen LogP contribution in [0.3, 0.4) is 0 Å². The average molecular weight is 201 g/mol. The Morgan fingerprint density at radius 1 is 1.43 bits per heavy atom. The lowest BCUT2D eigenvalue weighted by molar-refractivity contribution is 0.140. The molecule has 0 saturated heterocycles. The van der Waals surface area contributed by atoms with E-state index in [-0.39, 0.29) is 5.56 Å². The van der Waals surface area contributed by atoms with Crippen molar-refractivity contribution < 1.29 is 13.9 Å². The van der Waals surface area contributed by atoms with E-state index in [9.17, 15) is 13.9 Å². The molecular weight excluding hydrogens is 188 g/mol. The van der Waals surface area contributed by atoms with Crippen LogP contribution in [0.2, 0.25) is 0 Å². The van der Waals surface area contributed by atoms with Crippen molar-refractivity contribution in [2.24, 2.45) is 5.73 Å². The number of nitrogens with two attached hydrogens (primary N) is 1. The van der Waals surface area contributed by atoms with Crippen molar-refractivity contribution in [1.82, 2.24) is 0 Å². The normalized spacial score (nSPS) is 15.2. The van der Waals surface area contributed by atoms with Crippen LogP contribution in [0.5, 0.6) is 0 Å². The number of benzene rings is 1. The number of halogens is 2. The van der Waals surface area contributed by atoms with E-state index in [1.807, 2.05) is 0 Å². The van der Waals surface area contributed by atoms with Crippen molar-refractivity contribution in [2.45, 2.75) is 25.5 Å². The van der Waals surface area contributed by atoms with Gasteiger partial charge in [-0.2, -0.15) is 0 Å². The summed E-state index contributed by atoms with van der Waals surface area (Å²) in [7, 11) is 0. The van der Waals surface area contributed by atoms with E-state index in [0.717, 1.165) is 12.1 Å². The van der Waals surface area contributed by atoms with E-state index >= 15 is 0 Å². The summed E-state index contributed by atoms with van der Waals surface area (Å²) in [4.78, 5) is 0. The Kier molecular flexibility index (Phi) is 3.55. The summed E-state index contributed by atoms with van der Waals surface area (Å²) in [5.74, 6) is -1.43. The molecule has 0 spiro atoms. The lowest BCUT2D eigenvalue weighted by Gasteiger charge is -2.17. The third kappa shape index (κ3) is 2.27. The van der Waals surface area contributed by atoms with Gasteiger partial charge in [0.15, 0.2) is 0 Å². The molecule has 0 aliphatic heterocycles. The summed E-state index contributed by atoms with van der Waals surface area (Å²) >= 11 is 0. The minimum atomic E-state index is -1.08. The molecule has 0 saturated carbocycles. The molecule has 0 fully saturated rings. The zero-order valence-corrected chi connectivity index (χ0v) is 7.87. The molecule has 0 bridgehead atoms. The summed E-state index contributed by atoms with van der Waals surface area (Å²) in [6.45, 7) is 1.79. The van der Waals surface area contributed by atoms with Crippen LogP contribution < -0.4 is 5.73 Å². The van der Waals surface area contributed by atoms with Crippen LogP contribution in [0.1, 0.15) is 25.0 Å². The largest absolute Gasteiger partial charge is 0.387 e. The molecule has 78 valence electrons. The Labute approximate surface area is 81.4 Å². The monoisotopic (exact) mass is 201 g/mol. The lowest BCUT2D eigenvalue weighted by Crippen LogP contribution is -2.28. The van der Waals surface area contributed by atoms with Crippen LogP contribution in [0, 0.1) is 11.6 Å². The van der Waals surface area contributed by atoms with Crippen molar-refractivity contribution in [3.8, 4) is 0 Å². The zero-order valence-electron chi connectivity index (χ0n) is 7.87. The SMILES string of the molecule is CC[C@H](N)[C@@H](O)c1ccc(F)cc1F. The Morgan fingerprint density at radius 2 is 2.07 bits per heavy atom. The molecule has 3 N–H and O–H groups in total. The molecule has 0 radical (unpaired) electrons. The highest BCUT2D eigenvalue weighted by Crippen LogP contribution is 2.21. The molecule has 0 aliphatic rings. The molecule has 1 rings (SSSR count). The molecule has 2 nitrogen and oxygen atoms in total. The maximum absolute atomic E-state index is 13.1. The molecular formula is C10H13F2NO. The number of aliphatic hydroxyl groups excluding tert-OH is 1. The number of hydrogen-bond acceptors (Lipinski definition) is 2. The van der Waals surface area contributed by atoms with E-state index in [1.165, 1.54) is 6.07 Å². The van der Waals surface area contributed by atoms with Crippen LogP contribution in [0.25, 0.3) is 0 Å². The van der Waals surface area contributed by atoms with Crippen molar-refractivity contribution in [3.63, 3.8) is 0 Å². The van der Waals surface area contributed by atoms with Crippen molar-refractivity contribution in [2.75, 3.05) is 0 Å². The molecule has 4 heteroatoms. The summed E-state index contributed by atoms with van der Waals surface area (Å²) in [6, 6.07) is 2.52. The quantitative estimate of drug-likeness (QED) is 0.782. The molecule has 1 aromatic carbocycles. The first-order valence-corrected chi connectivity index (χ1v) is 4.44. The average Bonchev–Trinajstić information content (AvgIpc) is 2.15. The van der Waals surface area contributed by atoms with E-state index in [1.54, 1.807) is 6.92 Å². The Bertz CT molecular complexity index is 317. The summed E-state index contributed by atoms with van der Waals surface area (Å²) < 4.78 is 25.7. The Balaban J connectivity index is 2.95. The van der Waals surface area contributed by atoms with Crippen LogP contribution in [-0.4, -0.2) is 11.1 Å². The predicted octanol–water partition coefficient (Wildman–Crippen LogP) is 1.74. The fraction of sp³-hybridized carbons (Fsp3) is 0.400. The van der Waals surface area contributed by atoms with Crippen molar-refractivity contribution in [1.29, 1.82) is 0 Å². The minimum Gasteiger partial charge on any atom is -0.387 e. The standard InChI is InChI=1S/C10H13F2NO/c1-2-9(13)10(14)7-4-3-6(11)5-8(7)12/h3-5,9-10,14H,2,13H2,1H3/t9-,10-/m0/s1. The summed E-state index contributed by atoms with van der Waals surface area (Å²) in [5, 5.41) is 9.57. The van der Waals surface area contributed by atoms with Gasteiger partial charge in [-0.3, -0.25) is 0 Å². The van der Waals surface area contributed by atoms with E-state index < -0.39 is 23.8 Å². The summed E-state index contributed by atoms with van der Waals surface area (Å²) in [6.07, 6.45) is -0.557. The maximum Gasteiger partial charge on any atom is 0.131 e. The maximum atomic E-state index is 13.1. The predicted molar refractivity (Wildman–Crippen MR) is 49.6 cm³/mol. The fourth-order valence-electron chi connectivity index (χ4n) is 1.20. The molecule has 0 aliphatic carbocycles. The topological polar surface area (TPSA) is 46.2 Å². The van der Waals surface area contributed by atoms with Crippen LogP contribution in [-0.2, 0) is 0 Å².